The molecule has 2 rings (SSSR count). The van der Waals surface area contributed by atoms with Gasteiger partial charge in [0.15, 0.2) is 6.19 Å². The summed E-state index contributed by atoms with van der Waals surface area (Å²) >= 11 is 12.0. The van der Waals surface area contributed by atoms with E-state index in [0.29, 0.717) is 22.9 Å². The van der Waals surface area contributed by atoms with Crippen molar-refractivity contribution in [1.29, 1.82) is 5.26 Å². The molecule has 1 aromatic carbocycles. The molecule has 23 heavy (non-hydrogen) atoms. The van der Waals surface area contributed by atoms with Crippen LogP contribution in [0.4, 0.5) is 0 Å². The van der Waals surface area contributed by atoms with Gasteiger partial charge in [-0.05, 0) is 31.0 Å². The Balaban J connectivity index is 2.16. The van der Waals surface area contributed by atoms with Crippen molar-refractivity contribution < 1.29 is 9.59 Å². The van der Waals surface area contributed by atoms with Crippen LogP contribution in [0.5, 0.6) is 0 Å². The lowest BCUT2D eigenvalue weighted by atomic mass is 9.83. The van der Waals surface area contributed by atoms with Crippen LogP contribution < -0.4 is 5.32 Å². The zero-order valence-electron chi connectivity index (χ0n) is 12.7. The Kier molecular flexibility index (Phi) is 5.86. The van der Waals surface area contributed by atoms with Gasteiger partial charge >= 0.3 is 0 Å². The second-order valence-corrected chi connectivity index (χ2v) is 6.44. The number of nitriles is 1. The van der Waals surface area contributed by atoms with Crippen molar-refractivity contribution in [3.05, 3.63) is 33.8 Å². The molecule has 0 radical (unpaired) electrons. The molecule has 1 fully saturated rings. The van der Waals surface area contributed by atoms with Crippen LogP contribution in [0.25, 0.3) is 0 Å². The first-order chi connectivity index (χ1) is 10.9. The SMILES string of the molecule is CN(C#N)C(=O)C1CCCCC1NC(=O)c1cc(Cl)ccc1Cl. The van der Waals surface area contributed by atoms with Gasteiger partial charge in [0.2, 0.25) is 5.91 Å². The molecule has 1 aliphatic rings. The van der Waals surface area contributed by atoms with Gasteiger partial charge in [-0.3, -0.25) is 14.5 Å². The molecule has 1 aliphatic carbocycles. The van der Waals surface area contributed by atoms with Crippen LogP contribution in [0.3, 0.4) is 0 Å². The van der Waals surface area contributed by atoms with E-state index in [9.17, 15) is 9.59 Å². The molecule has 2 atom stereocenters. The third-order valence-electron chi connectivity index (χ3n) is 4.05. The highest BCUT2D eigenvalue weighted by Crippen LogP contribution is 2.27. The zero-order valence-corrected chi connectivity index (χ0v) is 14.2. The van der Waals surface area contributed by atoms with E-state index in [-0.39, 0.29) is 23.4 Å². The van der Waals surface area contributed by atoms with E-state index in [1.54, 1.807) is 12.1 Å². The van der Waals surface area contributed by atoms with E-state index in [2.05, 4.69) is 5.32 Å². The Morgan fingerprint density at radius 3 is 2.70 bits per heavy atom. The fraction of sp³-hybridized carbons (Fsp3) is 0.438. The van der Waals surface area contributed by atoms with E-state index in [4.69, 9.17) is 28.5 Å². The monoisotopic (exact) mass is 353 g/mol. The number of nitrogens with zero attached hydrogens (tertiary/aromatic N) is 2. The van der Waals surface area contributed by atoms with Crippen molar-refractivity contribution in [2.45, 2.75) is 31.7 Å². The molecule has 0 aromatic heterocycles. The first-order valence-corrected chi connectivity index (χ1v) is 8.13. The van der Waals surface area contributed by atoms with E-state index >= 15 is 0 Å². The summed E-state index contributed by atoms with van der Waals surface area (Å²) in [5, 5.41) is 12.5. The molecular weight excluding hydrogens is 337 g/mol. The first-order valence-electron chi connectivity index (χ1n) is 7.37. The van der Waals surface area contributed by atoms with Crippen LogP contribution in [0.2, 0.25) is 10.0 Å². The molecular formula is C16H17Cl2N3O2. The van der Waals surface area contributed by atoms with Gasteiger partial charge < -0.3 is 5.32 Å². The van der Waals surface area contributed by atoms with Crippen molar-refractivity contribution in [1.82, 2.24) is 10.2 Å². The van der Waals surface area contributed by atoms with Gasteiger partial charge in [0, 0.05) is 18.1 Å². The summed E-state index contributed by atoms with van der Waals surface area (Å²) in [6.07, 6.45) is 4.99. The lowest BCUT2D eigenvalue weighted by molar-refractivity contribution is -0.133. The number of carbonyl (C=O) groups is 2. The van der Waals surface area contributed by atoms with Gasteiger partial charge in [-0.25, -0.2) is 0 Å². The van der Waals surface area contributed by atoms with Gasteiger partial charge in [0.05, 0.1) is 16.5 Å². The maximum Gasteiger partial charge on any atom is 0.253 e. The van der Waals surface area contributed by atoms with Gasteiger partial charge in [-0.2, -0.15) is 5.26 Å². The largest absolute Gasteiger partial charge is 0.348 e. The average Bonchev–Trinajstić information content (AvgIpc) is 2.56. The normalized spacial score (nSPS) is 20.4. The quantitative estimate of drug-likeness (QED) is 0.669. The molecule has 0 saturated heterocycles. The number of rotatable bonds is 3. The molecule has 7 heteroatoms. The highest BCUT2D eigenvalue weighted by atomic mass is 35.5. The molecule has 2 unspecified atom stereocenters. The number of hydrogen-bond donors (Lipinski definition) is 1. The Bertz CT molecular complexity index is 657. The van der Waals surface area contributed by atoms with Crippen LogP contribution in [0.1, 0.15) is 36.0 Å². The van der Waals surface area contributed by atoms with Crippen molar-refractivity contribution >= 4 is 35.0 Å². The number of halogens is 2. The second kappa shape index (κ2) is 7.67. The summed E-state index contributed by atoms with van der Waals surface area (Å²) in [7, 11) is 1.43. The van der Waals surface area contributed by atoms with E-state index < -0.39 is 5.92 Å². The number of benzene rings is 1. The van der Waals surface area contributed by atoms with Crippen LogP contribution in [0.15, 0.2) is 18.2 Å². The minimum absolute atomic E-state index is 0.269. The summed E-state index contributed by atoms with van der Waals surface area (Å²) in [5.74, 6) is -1.02. The molecule has 1 saturated carbocycles. The number of hydrogen-bond acceptors (Lipinski definition) is 3. The van der Waals surface area contributed by atoms with Crippen LogP contribution in [-0.4, -0.2) is 29.8 Å². The second-order valence-electron chi connectivity index (χ2n) is 5.59. The summed E-state index contributed by atoms with van der Waals surface area (Å²) in [6, 6.07) is 4.36. The molecule has 0 aliphatic heterocycles. The lowest BCUT2D eigenvalue weighted by Crippen LogP contribution is -2.48. The molecule has 5 nitrogen and oxygen atoms in total. The van der Waals surface area contributed by atoms with Crippen molar-refractivity contribution in [3.63, 3.8) is 0 Å². The predicted octanol–water partition coefficient (Wildman–Crippen LogP) is 3.22. The Labute approximate surface area is 145 Å². The Hall–Kier alpha value is -1.77. The third kappa shape index (κ3) is 4.15. The van der Waals surface area contributed by atoms with Gasteiger partial charge in [-0.1, -0.05) is 36.0 Å². The molecule has 1 aromatic rings. The number of amides is 2. The van der Waals surface area contributed by atoms with Gasteiger partial charge in [-0.15, -0.1) is 0 Å². The van der Waals surface area contributed by atoms with Crippen LogP contribution >= 0.6 is 23.2 Å². The van der Waals surface area contributed by atoms with Crippen molar-refractivity contribution in [2.24, 2.45) is 5.92 Å². The van der Waals surface area contributed by atoms with Crippen LogP contribution in [0, 0.1) is 17.4 Å². The Morgan fingerprint density at radius 2 is 2.00 bits per heavy atom. The van der Waals surface area contributed by atoms with E-state index in [1.807, 2.05) is 6.19 Å². The lowest BCUT2D eigenvalue weighted by Gasteiger charge is -2.32. The van der Waals surface area contributed by atoms with Gasteiger partial charge in [0.25, 0.3) is 5.91 Å². The van der Waals surface area contributed by atoms with E-state index in [0.717, 1.165) is 17.7 Å². The fourth-order valence-corrected chi connectivity index (χ4v) is 3.19. The summed E-state index contributed by atoms with van der Waals surface area (Å²) in [6.45, 7) is 0. The summed E-state index contributed by atoms with van der Waals surface area (Å²) in [5.41, 5.74) is 0.282. The van der Waals surface area contributed by atoms with Crippen LogP contribution in [-0.2, 0) is 4.79 Å². The minimum atomic E-state index is -0.393. The van der Waals surface area contributed by atoms with Crippen molar-refractivity contribution in [2.75, 3.05) is 7.05 Å². The molecule has 122 valence electrons. The standard InChI is InChI=1S/C16H17Cl2N3O2/c1-21(9-19)16(23)11-4-2-3-5-14(11)20-15(22)12-8-10(17)6-7-13(12)18/h6-8,11,14H,2-5H2,1H3,(H,20,22). The number of carbonyl (C=O) groups excluding carboxylic acids is 2. The summed E-state index contributed by atoms with van der Waals surface area (Å²) in [4.78, 5) is 25.7. The molecule has 0 heterocycles. The highest BCUT2D eigenvalue weighted by molar-refractivity contribution is 6.35. The third-order valence-corrected chi connectivity index (χ3v) is 4.62. The molecule has 1 N–H and O–H groups in total. The predicted molar refractivity (Wildman–Crippen MR) is 88.1 cm³/mol. The summed E-state index contributed by atoms with van der Waals surface area (Å²) < 4.78 is 0. The topological polar surface area (TPSA) is 73.2 Å². The number of nitrogens with one attached hydrogen (secondary N) is 1. The minimum Gasteiger partial charge on any atom is -0.348 e. The average molecular weight is 354 g/mol. The highest BCUT2D eigenvalue weighted by Gasteiger charge is 2.34. The van der Waals surface area contributed by atoms with E-state index in [1.165, 1.54) is 13.1 Å². The maximum atomic E-state index is 12.4. The maximum absolute atomic E-state index is 12.4. The molecule has 0 bridgehead atoms. The molecule has 0 spiro atoms. The zero-order chi connectivity index (χ0) is 17.0. The fourth-order valence-electron chi connectivity index (χ4n) is 2.81. The first kappa shape index (κ1) is 17.6. The van der Waals surface area contributed by atoms with Gasteiger partial charge in [0.1, 0.15) is 0 Å². The Morgan fingerprint density at radius 1 is 1.30 bits per heavy atom. The van der Waals surface area contributed by atoms with Crippen molar-refractivity contribution in [3.8, 4) is 6.19 Å². The smallest absolute Gasteiger partial charge is 0.253 e. The molecule has 2 amide bonds.